The molecule has 0 aromatic heterocycles. The summed E-state index contributed by atoms with van der Waals surface area (Å²) in [6, 6.07) is -5.64. The topological polar surface area (TPSA) is 228 Å². The Balaban J connectivity index is 5.47. The predicted molar refractivity (Wildman–Crippen MR) is 102 cm³/mol. The molecule has 172 valence electrons. The van der Waals surface area contributed by atoms with Crippen molar-refractivity contribution in [1.29, 1.82) is 0 Å². The fraction of sp³-hybridized carbons (Fsp3) is 0.706. The Morgan fingerprint density at radius 2 is 1.40 bits per heavy atom. The van der Waals surface area contributed by atoms with E-state index in [0.29, 0.717) is 0 Å². The Bertz CT molecular complexity index is 639. The summed E-state index contributed by atoms with van der Waals surface area (Å²) in [5, 5.41) is 43.3. The van der Waals surface area contributed by atoms with Gasteiger partial charge in [-0.25, -0.2) is 4.79 Å². The molecular weight excluding hydrogens is 404 g/mol. The molecule has 0 aliphatic carbocycles. The molecule has 30 heavy (non-hydrogen) atoms. The lowest BCUT2D eigenvalue weighted by Crippen LogP contribution is -2.60. The van der Waals surface area contributed by atoms with Crippen molar-refractivity contribution >= 4 is 29.7 Å². The van der Waals surface area contributed by atoms with Gasteiger partial charge >= 0.3 is 11.9 Å². The zero-order valence-electron chi connectivity index (χ0n) is 17.0. The van der Waals surface area contributed by atoms with E-state index in [-0.39, 0.29) is 6.42 Å². The van der Waals surface area contributed by atoms with E-state index >= 15 is 0 Å². The normalized spacial score (nSPS) is 16.0. The molecule has 5 atom stereocenters. The molecule has 0 aliphatic heterocycles. The van der Waals surface area contributed by atoms with E-state index in [9.17, 15) is 34.2 Å². The summed E-state index contributed by atoms with van der Waals surface area (Å²) in [4.78, 5) is 59.0. The van der Waals surface area contributed by atoms with Crippen LogP contribution in [0.4, 0.5) is 0 Å². The third-order valence-electron chi connectivity index (χ3n) is 4.11. The molecule has 0 heterocycles. The van der Waals surface area contributed by atoms with Crippen LogP contribution in [0, 0.1) is 5.92 Å². The monoisotopic (exact) mass is 434 g/mol. The molecule has 13 nitrogen and oxygen atoms in total. The van der Waals surface area contributed by atoms with Crippen LogP contribution in [0.25, 0.3) is 0 Å². The molecule has 3 amide bonds. The molecule has 0 aromatic rings. The molecule has 0 radical (unpaired) electrons. The lowest BCUT2D eigenvalue weighted by Gasteiger charge is -2.26. The number of hydrogen-bond donors (Lipinski definition) is 8. The van der Waals surface area contributed by atoms with Crippen molar-refractivity contribution in [3.63, 3.8) is 0 Å². The molecule has 0 rings (SSSR count). The molecule has 0 saturated carbocycles. The average Bonchev–Trinajstić information content (AvgIpc) is 2.64. The van der Waals surface area contributed by atoms with Gasteiger partial charge in [0.1, 0.15) is 24.2 Å². The number of carboxylic acid groups (broad SMARTS) is 2. The van der Waals surface area contributed by atoms with Gasteiger partial charge in [-0.1, -0.05) is 13.8 Å². The fourth-order valence-electron chi connectivity index (χ4n) is 2.31. The Labute approximate surface area is 173 Å². The minimum absolute atomic E-state index is 0.367. The van der Waals surface area contributed by atoms with E-state index in [0.717, 1.165) is 0 Å². The average molecular weight is 434 g/mol. The standard InChI is InChI=1S/C17H30N4O9/c1-7(2)12(17(29)30)20-15(27)10(4-5-11(24)25)19-16(28)13(8(3)23)21-14(26)9(18)6-22/h7-10,12-13,22-23H,4-6,18H2,1-3H3,(H,19,28)(H,20,27)(H,21,26)(H,24,25)(H,29,30). The first-order valence-corrected chi connectivity index (χ1v) is 9.22. The van der Waals surface area contributed by atoms with Crippen LogP contribution in [-0.2, 0) is 24.0 Å². The molecular formula is C17H30N4O9. The number of rotatable bonds is 13. The summed E-state index contributed by atoms with van der Waals surface area (Å²) < 4.78 is 0. The highest BCUT2D eigenvalue weighted by atomic mass is 16.4. The second kappa shape index (κ2) is 12.7. The maximum atomic E-state index is 12.5. The molecule has 0 bridgehead atoms. The van der Waals surface area contributed by atoms with Crippen molar-refractivity contribution in [1.82, 2.24) is 16.0 Å². The number of nitrogens with one attached hydrogen (secondary N) is 3. The second-order valence-corrected chi connectivity index (χ2v) is 7.08. The molecule has 0 aliphatic rings. The van der Waals surface area contributed by atoms with Crippen molar-refractivity contribution in [2.45, 2.75) is 63.9 Å². The van der Waals surface area contributed by atoms with E-state index in [1.807, 2.05) is 0 Å². The Kier molecular flexibility index (Phi) is 11.5. The van der Waals surface area contributed by atoms with E-state index in [2.05, 4.69) is 16.0 Å². The van der Waals surface area contributed by atoms with Crippen molar-refractivity contribution in [3.8, 4) is 0 Å². The first-order valence-electron chi connectivity index (χ1n) is 9.22. The van der Waals surface area contributed by atoms with Gasteiger partial charge in [0.25, 0.3) is 0 Å². The first kappa shape index (κ1) is 27.2. The van der Waals surface area contributed by atoms with Crippen LogP contribution in [-0.4, -0.2) is 87.0 Å². The van der Waals surface area contributed by atoms with Gasteiger partial charge in [-0.2, -0.15) is 0 Å². The summed E-state index contributed by atoms with van der Waals surface area (Å²) in [7, 11) is 0. The number of nitrogens with two attached hydrogens (primary N) is 1. The number of hydrogen-bond acceptors (Lipinski definition) is 8. The maximum absolute atomic E-state index is 12.5. The minimum Gasteiger partial charge on any atom is -0.481 e. The Hall–Kier alpha value is -2.77. The Morgan fingerprint density at radius 1 is 0.867 bits per heavy atom. The number of aliphatic carboxylic acids is 2. The van der Waals surface area contributed by atoms with Crippen LogP contribution in [0.15, 0.2) is 0 Å². The van der Waals surface area contributed by atoms with Gasteiger partial charge in [0, 0.05) is 6.42 Å². The van der Waals surface area contributed by atoms with E-state index in [1.54, 1.807) is 13.8 Å². The number of carboxylic acids is 2. The first-order chi connectivity index (χ1) is 13.8. The lowest BCUT2D eigenvalue weighted by molar-refractivity contribution is -0.144. The summed E-state index contributed by atoms with van der Waals surface area (Å²) in [5.41, 5.74) is 5.35. The number of amides is 3. The van der Waals surface area contributed by atoms with Gasteiger partial charge in [0.2, 0.25) is 17.7 Å². The highest BCUT2D eigenvalue weighted by Crippen LogP contribution is 2.06. The van der Waals surface area contributed by atoms with Gasteiger partial charge in [0.05, 0.1) is 12.7 Å². The molecule has 5 unspecified atom stereocenters. The van der Waals surface area contributed by atoms with Gasteiger partial charge in [0.15, 0.2) is 0 Å². The smallest absolute Gasteiger partial charge is 0.326 e. The summed E-state index contributed by atoms with van der Waals surface area (Å²) in [6.45, 7) is 3.57. The van der Waals surface area contributed by atoms with Crippen LogP contribution in [0.2, 0.25) is 0 Å². The van der Waals surface area contributed by atoms with Crippen LogP contribution in [0.3, 0.4) is 0 Å². The van der Waals surface area contributed by atoms with Gasteiger partial charge in [-0.05, 0) is 19.3 Å². The molecule has 0 spiro atoms. The number of carbonyl (C=O) groups excluding carboxylic acids is 3. The number of aliphatic hydroxyl groups is 2. The summed E-state index contributed by atoms with van der Waals surface area (Å²) in [6.07, 6.45) is -2.31. The third-order valence-corrected chi connectivity index (χ3v) is 4.11. The van der Waals surface area contributed by atoms with Crippen molar-refractivity contribution in [2.24, 2.45) is 11.7 Å². The fourth-order valence-corrected chi connectivity index (χ4v) is 2.31. The number of carbonyl (C=O) groups is 5. The number of aliphatic hydroxyl groups excluding tert-OH is 2. The highest BCUT2D eigenvalue weighted by molar-refractivity contribution is 5.94. The van der Waals surface area contributed by atoms with Crippen molar-refractivity contribution in [2.75, 3.05) is 6.61 Å². The molecule has 9 N–H and O–H groups in total. The largest absolute Gasteiger partial charge is 0.481 e. The zero-order chi connectivity index (χ0) is 23.6. The zero-order valence-corrected chi connectivity index (χ0v) is 17.0. The van der Waals surface area contributed by atoms with E-state index in [1.165, 1.54) is 6.92 Å². The molecule has 13 heteroatoms. The molecule has 0 aromatic carbocycles. The maximum Gasteiger partial charge on any atom is 0.326 e. The molecule has 0 fully saturated rings. The SMILES string of the molecule is CC(C)C(NC(=O)C(CCC(=O)O)NC(=O)C(NC(=O)C(N)CO)C(C)O)C(=O)O. The van der Waals surface area contributed by atoms with Crippen molar-refractivity contribution in [3.05, 3.63) is 0 Å². The van der Waals surface area contributed by atoms with Gasteiger partial charge < -0.3 is 42.1 Å². The lowest BCUT2D eigenvalue weighted by atomic mass is 10.0. The Morgan fingerprint density at radius 3 is 1.80 bits per heavy atom. The van der Waals surface area contributed by atoms with Gasteiger partial charge in [-0.15, -0.1) is 0 Å². The quantitative estimate of drug-likeness (QED) is 0.144. The second-order valence-electron chi connectivity index (χ2n) is 7.08. The predicted octanol–water partition coefficient (Wildman–Crippen LogP) is -3.25. The highest BCUT2D eigenvalue weighted by Gasteiger charge is 2.33. The van der Waals surface area contributed by atoms with E-state index < -0.39 is 78.9 Å². The van der Waals surface area contributed by atoms with Crippen LogP contribution in [0.5, 0.6) is 0 Å². The third kappa shape index (κ3) is 9.15. The van der Waals surface area contributed by atoms with Crippen molar-refractivity contribution < 1.29 is 44.4 Å². The van der Waals surface area contributed by atoms with E-state index in [4.69, 9.17) is 15.9 Å². The minimum atomic E-state index is -1.56. The van der Waals surface area contributed by atoms with Gasteiger partial charge in [-0.3, -0.25) is 19.2 Å². The summed E-state index contributed by atoms with van der Waals surface area (Å²) >= 11 is 0. The van der Waals surface area contributed by atoms with Crippen LogP contribution in [0.1, 0.15) is 33.6 Å². The van der Waals surface area contributed by atoms with Crippen LogP contribution >= 0.6 is 0 Å². The molecule has 0 saturated heterocycles. The summed E-state index contributed by atoms with van der Waals surface area (Å²) in [5.74, 6) is -5.95. The van der Waals surface area contributed by atoms with Crippen LogP contribution < -0.4 is 21.7 Å².